The van der Waals surface area contributed by atoms with Crippen molar-refractivity contribution < 1.29 is 18.3 Å². The van der Waals surface area contributed by atoms with E-state index in [1.807, 2.05) is 20.8 Å². The Morgan fingerprint density at radius 2 is 1.78 bits per heavy atom. The molecule has 4 heteroatoms. The lowest BCUT2D eigenvalue weighted by Crippen LogP contribution is -2.27. The molecule has 1 saturated carbocycles. The third kappa shape index (κ3) is 9.63. The quantitative estimate of drug-likeness (QED) is 0.127. The molecule has 2 nitrogen and oxygen atoms in total. The van der Waals surface area contributed by atoms with Crippen molar-refractivity contribution >= 4 is 5.97 Å². The molecular weight excluding hydrogens is 406 g/mol. The molecule has 1 fully saturated rings. The molecule has 0 heterocycles. The van der Waals surface area contributed by atoms with Crippen molar-refractivity contribution in [3.8, 4) is 12.3 Å². The van der Waals surface area contributed by atoms with Crippen LogP contribution in [0.5, 0.6) is 0 Å². The van der Waals surface area contributed by atoms with E-state index in [9.17, 15) is 13.6 Å². The molecule has 32 heavy (non-hydrogen) atoms. The molecule has 0 aromatic carbocycles. The van der Waals surface area contributed by atoms with Gasteiger partial charge in [-0.25, -0.2) is 8.78 Å². The van der Waals surface area contributed by atoms with Crippen LogP contribution in [0.3, 0.4) is 0 Å². The van der Waals surface area contributed by atoms with E-state index in [0.29, 0.717) is 43.1 Å². The zero-order valence-electron chi connectivity index (χ0n) is 21.0. The molecule has 0 spiro atoms. The van der Waals surface area contributed by atoms with Crippen LogP contribution in [0, 0.1) is 53.8 Å². The van der Waals surface area contributed by atoms with Gasteiger partial charge in [0.05, 0.1) is 12.5 Å². The normalized spacial score (nSPS) is 23.3. The Morgan fingerprint density at radius 3 is 2.34 bits per heavy atom. The maximum absolute atomic E-state index is 14.2. The molecule has 0 aromatic heterocycles. The number of hydrogen-bond acceptors (Lipinski definition) is 2. The summed E-state index contributed by atoms with van der Waals surface area (Å²) in [7, 11) is 0. The Kier molecular flexibility index (Phi) is 12.6. The summed E-state index contributed by atoms with van der Waals surface area (Å²) in [5, 5.41) is 0. The van der Waals surface area contributed by atoms with Gasteiger partial charge in [0.2, 0.25) is 0 Å². The number of rotatable bonds is 17. The van der Waals surface area contributed by atoms with Crippen molar-refractivity contribution in [3.05, 3.63) is 12.7 Å². The molecule has 0 saturated heterocycles. The summed E-state index contributed by atoms with van der Waals surface area (Å²) in [5.41, 5.74) is 0. The lowest BCUT2D eigenvalue weighted by atomic mass is 9.85. The third-order valence-corrected chi connectivity index (χ3v) is 7.15. The van der Waals surface area contributed by atoms with Gasteiger partial charge in [0.15, 0.2) is 0 Å². The fourth-order valence-corrected chi connectivity index (χ4v) is 5.27. The first kappa shape index (κ1) is 28.7. The molecule has 1 aliphatic rings. The SMILES string of the molecule is C#CCCC1C(CCC)C1COC(=O)C(C)CC(C)CCCC(CC(C)C)C(F)(F)C=C. The van der Waals surface area contributed by atoms with E-state index in [-0.39, 0.29) is 17.8 Å². The molecule has 6 atom stereocenters. The van der Waals surface area contributed by atoms with Crippen molar-refractivity contribution in [2.45, 2.75) is 98.3 Å². The van der Waals surface area contributed by atoms with Gasteiger partial charge in [-0.05, 0) is 61.3 Å². The van der Waals surface area contributed by atoms with Crippen molar-refractivity contribution in [2.75, 3.05) is 6.61 Å². The van der Waals surface area contributed by atoms with Crippen molar-refractivity contribution in [1.82, 2.24) is 0 Å². The fraction of sp³-hybridized carbons (Fsp3) is 0.821. The lowest BCUT2D eigenvalue weighted by molar-refractivity contribution is -0.149. The van der Waals surface area contributed by atoms with Gasteiger partial charge in [-0.3, -0.25) is 4.79 Å². The smallest absolute Gasteiger partial charge is 0.308 e. The second kappa shape index (κ2) is 14.0. The number of carbonyl (C=O) groups excluding carboxylic acids is 1. The molecule has 0 N–H and O–H groups in total. The zero-order chi connectivity index (χ0) is 24.3. The number of ether oxygens (including phenoxy) is 1. The molecular formula is C28H46F2O2. The minimum Gasteiger partial charge on any atom is -0.465 e. The highest BCUT2D eigenvalue weighted by atomic mass is 19.3. The number of carbonyl (C=O) groups is 1. The summed E-state index contributed by atoms with van der Waals surface area (Å²) >= 11 is 0. The number of terminal acetylenes is 1. The molecule has 1 aliphatic carbocycles. The molecule has 184 valence electrons. The molecule has 1 rings (SSSR count). The number of alkyl halides is 2. The molecule has 6 unspecified atom stereocenters. The number of hydrogen-bond donors (Lipinski definition) is 0. The average Bonchev–Trinajstić information content (AvgIpc) is 3.40. The van der Waals surface area contributed by atoms with Gasteiger partial charge in [0.1, 0.15) is 0 Å². The van der Waals surface area contributed by atoms with Crippen LogP contribution < -0.4 is 0 Å². The van der Waals surface area contributed by atoms with E-state index < -0.39 is 11.8 Å². The van der Waals surface area contributed by atoms with Gasteiger partial charge < -0.3 is 4.74 Å². The Labute approximate surface area is 196 Å². The molecule has 0 radical (unpaired) electrons. The average molecular weight is 453 g/mol. The Hall–Kier alpha value is -1.37. The summed E-state index contributed by atoms with van der Waals surface area (Å²) in [4.78, 5) is 12.5. The van der Waals surface area contributed by atoms with E-state index in [4.69, 9.17) is 11.2 Å². The highest BCUT2D eigenvalue weighted by molar-refractivity contribution is 5.72. The van der Waals surface area contributed by atoms with Gasteiger partial charge in [-0.2, -0.15) is 0 Å². The number of halogens is 2. The van der Waals surface area contributed by atoms with Crippen LogP contribution in [0.15, 0.2) is 12.7 Å². The first-order valence-corrected chi connectivity index (χ1v) is 12.7. The van der Waals surface area contributed by atoms with E-state index in [1.165, 1.54) is 6.42 Å². The van der Waals surface area contributed by atoms with Gasteiger partial charge in [0.25, 0.3) is 5.92 Å². The highest BCUT2D eigenvalue weighted by Crippen LogP contribution is 2.52. The minimum atomic E-state index is -2.82. The van der Waals surface area contributed by atoms with Crippen LogP contribution in [-0.4, -0.2) is 18.5 Å². The molecule has 0 bridgehead atoms. The van der Waals surface area contributed by atoms with E-state index in [2.05, 4.69) is 26.3 Å². The van der Waals surface area contributed by atoms with Crippen LogP contribution in [0.25, 0.3) is 0 Å². The monoisotopic (exact) mass is 452 g/mol. The van der Waals surface area contributed by atoms with E-state index in [1.54, 1.807) is 0 Å². The van der Waals surface area contributed by atoms with Crippen LogP contribution in [0.4, 0.5) is 8.78 Å². The molecule has 0 aromatic rings. The van der Waals surface area contributed by atoms with E-state index in [0.717, 1.165) is 44.6 Å². The second-order valence-corrected chi connectivity index (χ2v) is 10.5. The molecule has 0 aliphatic heterocycles. The number of allylic oxidation sites excluding steroid dienone is 1. The Balaban J connectivity index is 2.38. The van der Waals surface area contributed by atoms with Gasteiger partial charge in [0, 0.05) is 12.3 Å². The standard InChI is InChI=1S/C28H46F2O2/c1-8-11-16-25-24(13-9-2)26(25)19-32-27(31)22(7)18-21(6)14-12-15-23(17-20(4)5)28(29,30)10-3/h1,10,20-26H,3,9,11-19H2,2,4-7H3. The van der Waals surface area contributed by atoms with Gasteiger partial charge in [-0.1, -0.05) is 66.9 Å². The first-order chi connectivity index (χ1) is 15.1. The van der Waals surface area contributed by atoms with Crippen molar-refractivity contribution in [1.29, 1.82) is 0 Å². The maximum Gasteiger partial charge on any atom is 0.308 e. The van der Waals surface area contributed by atoms with Crippen molar-refractivity contribution in [2.24, 2.45) is 41.4 Å². The summed E-state index contributed by atoms with van der Waals surface area (Å²) in [6, 6.07) is 0. The predicted molar refractivity (Wildman–Crippen MR) is 129 cm³/mol. The third-order valence-electron chi connectivity index (χ3n) is 7.15. The van der Waals surface area contributed by atoms with Crippen LogP contribution >= 0.6 is 0 Å². The van der Waals surface area contributed by atoms with Crippen LogP contribution in [-0.2, 0) is 9.53 Å². The number of esters is 1. The topological polar surface area (TPSA) is 26.3 Å². The summed E-state index contributed by atoms with van der Waals surface area (Å²) in [6.07, 6.45) is 13.6. The predicted octanol–water partition coefficient (Wildman–Crippen LogP) is 7.92. The Bertz CT molecular complexity index is 607. The molecule has 0 amide bonds. The largest absolute Gasteiger partial charge is 0.465 e. The maximum atomic E-state index is 14.2. The van der Waals surface area contributed by atoms with Crippen molar-refractivity contribution in [3.63, 3.8) is 0 Å². The summed E-state index contributed by atoms with van der Waals surface area (Å²) < 4.78 is 34.0. The van der Waals surface area contributed by atoms with Crippen LogP contribution in [0.1, 0.15) is 92.4 Å². The lowest BCUT2D eigenvalue weighted by Gasteiger charge is -2.26. The van der Waals surface area contributed by atoms with Gasteiger partial charge >= 0.3 is 5.97 Å². The first-order valence-electron chi connectivity index (χ1n) is 12.7. The summed E-state index contributed by atoms with van der Waals surface area (Å²) in [6.45, 7) is 14.0. The summed E-state index contributed by atoms with van der Waals surface area (Å²) in [5.74, 6) is 1.16. The van der Waals surface area contributed by atoms with E-state index >= 15 is 0 Å². The Morgan fingerprint density at radius 1 is 1.12 bits per heavy atom. The zero-order valence-corrected chi connectivity index (χ0v) is 21.0. The van der Waals surface area contributed by atoms with Gasteiger partial charge in [-0.15, -0.1) is 12.3 Å². The fourth-order valence-electron chi connectivity index (χ4n) is 5.27. The minimum absolute atomic E-state index is 0.134. The highest BCUT2D eigenvalue weighted by Gasteiger charge is 2.48. The second-order valence-electron chi connectivity index (χ2n) is 10.5. The van der Waals surface area contributed by atoms with Crippen LogP contribution in [0.2, 0.25) is 0 Å².